The van der Waals surface area contributed by atoms with Gasteiger partial charge in [0.15, 0.2) is 6.61 Å². The van der Waals surface area contributed by atoms with E-state index in [-0.39, 0.29) is 30.7 Å². The first-order valence-electron chi connectivity index (χ1n) is 10.4. The molecule has 0 radical (unpaired) electrons. The molecule has 1 aliphatic rings. The molecule has 4 rings (SSSR count). The number of aryl methyl sites for hydroxylation is 1. The Labute approximate surface area is 192 Å². The van der Waals surface area contributed by atoms with Crippen LogP contribution in [0.4, 0.5) is 19.0 Å². The maximum atomic E-state index is 13.1. The SMILES string of the molecule is Cc1cc(C(C)N2Cc3c(ccnc3NC(=O)Cc3ccn[nH]3)C2=O)cnc1OCC(F)(F)F. The third-order valence-corrected chi connectivity index (χ3v) is 5.42. The number of hydrogen-bond acceptors (Lipinski definition) is 6. The summed E-state index contributed by atoms with van der Waals surface area (Å²) in [7, 11) is 0. The van der Waals surface area contributed by atoms with Crippen molar-refractivity contribution in [3.63, 3.8) is 0 Å². The van der Waals surface area contributed by atoms with Crippen LogP contribution in [0.3, 0.4) is 0 Å². The van der Waals surface area contributed by atoms with Gasteiger partial charge >= 0.3 is 6.18 Å². The van der Waals surface area contributed by atoms with Crippen molar-refractivity contribution < 1.29 is 27.5 Å². The minimum absolute atomic E-state index is 0.0765. The van der Waals surface area contributed by atoms with Gasteiger partial charge in [0.2, 0.25) is 11.8 Å². The van der Waals surface area contributed by atoms with Gasteiger partial charge in [-0.15, -0.1) is 0 Å². The Morgan fingerprint density at radius 3 is 2.76 bits per heavy atom. The lowest BCUT2D eigenvalue weighted by Crippen LogP contribution is -2.27. The summed E-state index contributed by atoms with van der Waals surface area (Å²) in [5.74, 6) is -0.367. The Bertz CT molecular complexity index is 1210. The van der Waals surface area contributed by atoms with E-state index < -0.39 is 18.8 Å². The number of hydrogen-bond donors (Lipinski definition) is 2. The Kier molecular flexibility index (Phi) is 6.22. The van der Waals surface area contributed by atoms with Gasteiger partial charge in [-0.1, -0.05) is 0 Å². The number of nitrogens with one attached hydrogen (secondary N) is 2. The zero-order valence-corrected chi connectivity index (χ0v) is 18.3. The minimum atomic E-state index is -4.46. The molecule has 0 spiro atoms. The summed E-state index contributed by atoms with van der Waals surface area (Å²) < 4.78 is 42.0. The molecule has 0 saturated heterocycles. The van der Waals surface area contributed by atoms with Gasteiger partial charge in [-0.2, -0.15) is 18.3 Å². The van der Waals surface area contributed by atoms with Gasteiger partial charge < -0.3 is 15.0 Å². The molecule has 178 valence electrons. The Hall–Kier alpha value is -3.96. The molecule has 1 aliphatic heterocycles. The number of pyridine rings is 2. The highest BCUT2D eigenvalue weighted by Crippen LogP contribution is 2.34. The topological polar surface area (TPSA) is 113 Å². The lowest BCUT2D eigenvalue weighted by Gasteiger charge is -2.25. The van der Waals surface area contributed by atoms with Crippen LogP contribution < -0.4 is 10.1 Å². The third kappa shape index (κ3) is 5.00. The number of H-pyrrole nitrogens is 1. The van der Waals surface area contributed by atoms with E-state index in [1.54, 1.807) is 43.1 Å². The van der Waals surface area contributed by atoms with Gasteiger partial charge in [0, 0.05) is 41.0 Å². The number of alkyl halides is 3. The number of anilines is 1. The summed E-state index contributed by atoms with van der Waals surface area (Å²) in [6.07, 6.45) is 0.00514. The molecular formula is C22H21F3N6O3. The molecule has 1 unspecified atom stereocenters. The average molecular weight is 474 g/mol. The number of carbonyl (C=O) groups excluding carboxylic acids is 2. The molecule has 0 fully saturated rings. The highest BCUT2D eigenvalue weighted by Gasteiger charge is 2.34. The van der Waals surface area contributed by atoms with E-state index in [0.717, 1.165) is 0 Å². The molecule has 0 aliphatic carbocycles. The normalized spacial score (nSPS) is 14.1. The van der Waals surface area contributed by atoms with Crippen LogP contribution in [-0.4, -0.2) is 49.7 Å². The second-order valence-electron chi connectivity index (χ2n) is 7.90. The van der Waals surface area contributed by atoms with Crippen LogP contribution in [0.15, 0.2) is 36.8 Å². The van der Waals surface area contributed by atoms with Crippen LogP contribution in [0.2, 0.25) is 0 Å². The molecule has 0 bridgehead atoms. The number of ether oxygens (including phenoxy) is 1. The standard InChI is InChI=1S/C22H21F3N6O3/c1-12-7-14(9-27-20(12)34-11-22(23,24)25)13(2)31-10-17-16(21(31)33)4-5-26-19(17)29-18(32)8-15-3-6-28-30-15/h3-7,9,13H,8,10-11H2,1-2H3,(H,28,30)(H,26,29,32). The van der Waals surface area contributed by atoms with Gasteiger partial charge in [-0.25, -0.2) is 9.97 Å². The second-order valence-corrected chi connectivity index (χ2v) is 7.90. The monoisotopic (exact) mass is 474 g/mol. The maximum Gasteiger partial charge on any atom is 0.422 e. The molecule has 2 amide bonds. The molecule has 34 heavy (non-hydrogen) atoms. The van der Waals surface area contributed by atoms with Crippen molar-refractivity contribution in [2.75, 3.05) is 11.9 Å². The lowest BCUT2D eigenvalue weighted by atomic mass is 10.1. The molecule has 4 heterocycles. The zero-order valence-electron chi connectivity index (χ0n) is 18.3. The quantitative estimate of drug-likeness (QED) is 0.543. The lowest BCUT2D eigenvalue weighted by molar-refractivity contribution is -0.154. The van der Waals surface area contributed by atoms with E-state index >= 15 is 0 Å². The number of rotatable bonds is 7. The van der Waals surface area contributed by atoms with Gasteiger partial charge in [0.25, 0.3) is 5.91 Å². The summed E-state index contributed by atoms with van der Waals surface area (Å²) >= 11 is 0. The summed E-state index contributed by atoms with van der Waals surface area (Å²) in [6.45, 7) is 2.15. The molecular weight excluding hydrogens is 453 g/mol. The van der Waals surface area contributed by atoms with Crippen LogP contribution >= 0.6 is 0 Å². The fourth-order valence-corrected chi connectivity index (χ4v) is 3.70. The summed E-state index contributed by atoms with van der Waals surface area (Å²) in [4.78, 5) is 35.3. The Balaban J connectivity index is 1.49. The van der Waals surface area contributed by atoms with Gasteiger partial charge in [0.05, 0.1) is 19.0 Å². The van der Waals surface area contributed by atoms with Crippen molar-refractivity contribution in [3.05, 3.63) is 64.7 Å². The molecule has 1 atom stereocenters. The summed E-state index contributed by atoms with van der Waals surface area (Å²) in [6, 6.07) is 4.48. The van der Waals surface area contributed by atoms with Crippen molar-refractivity contribution in [3.8, 4) is 5.88 Å². The van der Waals surface area contributed by atoms with E-state index in [4.69, 9.17) is 4.74 Å². The van der Waals surface area contributed by atoms with Gasteiger partial charge in [-0.05, 0) is 37.6 Å². The van der Waals surface area contributed by atoms with Crippen molar-refractivity contribution in [2.24, 2.45) is 0 Å². The minimum Gasteiger partial charge on any atom is -0.468 e. The van der Waals surface area contributed by atoms with Crippen molar-refractivity contribution in [1.82, 2.24) is 25.1 Å². The molecule has 2 N–H and O–H groups in total. The van der Waals surface area contributed by atoms with Crippen molar-refractivity contribution in [2.45, 2.75) is 39.0 Å². The highest BCUT2D eigenvalue weighted by atomic mass is 19.4. The van der Waals surface area contributed by atoms with Crippen LogP contribution in [0.25, 0.3) is 0 Å². The number of carbonyl (C=O) groups is 2. The van der Waals surface area contributed by atoms with Crippen LogP contribution in [0.5, 0.6) is 5.88 Å². The molecule has 3 aromatic rings. The largest absolute Gasteiger partial charge is 0.468 e. The summed E-state index contributed by atoms with van der Waals surface area (Å²) in [5.41, 5.74) is 2.71. The number of aromatic nitrogens is 4. The Morgan fingerprint density at radius 2 is 2.09 bits per heavy atom. The maximum absolute atomic E-state index is 13.1. The second kappa shape index (κ2) is 9.12. The number of amides is 2. The first kappa shape index (κ1) is 23.2. The number of halogens is 3. The predicted octanol–water partition coefficient (Wildman–Crippen LogP) is 3.35. The van der Waals surface area contributed by atoms with E-state index in [9.17, 15) is 22.8 Å². The molecule has 0 aromatic carbocycles. The number of fused-ring (bicyclic) bond motifs is 1. The Morgan fingerprint density at radius 1 is 1.29 bits per heavy atom. The predicted molar refractivity (Wildman–Crippen MR) is 114 cm³/mol. The third-order valence-electron chi connectivity index (χ3n) is 5.42. The molecule has 12 heteroatoms. The molecule has 9 nitrogen and oxygen atoms in total. The van der Waals surface area contributed by atoms with Crippen molar-refractivity contribution >= 4 is 17.6 Å². The van der Waals surface area contributed by atoms with Crippen LogP contribution in [-0.2, 0) is 17.8 Å². The van der Waals surface area contributed by atoms with Crippen LogP contribution in [0, 0.1) is 6.92 Å². The summed E-state index contributed by atoms with van der Waals surface area (Å²) in [5, 5.41) is 9.26. The van der Waals surface area contributed by atoms with Crippen molar-refractivity contribution in [1.29, 1.82) is 0 Å². The smallest absolute Gasteiger partial charge is 0.422 e. The van der Waals surface area contributed by atoms with Crippen LogP contribution in [0.1, 0.15) is 45.7 Å². The molecule has 3 aromatic heterocycles. The van der Waals surface area contributed by atoms with E-state index in [0.29, 0.717) is 33.8 Å². The molecule has 0 saturated carbocycles. The van der Waals surface area contributed by atoms with E-state index in [2.05, 4.69) is 25.5 Å². The first-order valence-corrected chi connectivity index (χ1v) is 10.4. The van der Waals surface area contributed by atoms with E-state index in [1.165, 1.54) is 12.4 Å². The number of nitrogens with zero attached hydrogens (tertiary/aromatic N) is 4. The first-order chi connectivity index (χ1) is 16.1. The highest BCUT2D eigenvalue weighted by molar-refractivity contribution is 6.01. The fraction of sp³-hybridized carbons (Fsp3) is 0.318. The fourth-order valence-electron chi connectivity index (χ4n) is 3.70. The zero-order chi connectivity index (χ0) is 24.5. The average Bonchev–Trinajstić information content (AvgIpc) is 3.40. The van der Waals surface area contributed by atoms with Gasteiger partial charge in [0.1, 0.15) is 5.82 Å². The van der Waals surface area contributed by atoms with E-state index in [1.807, 2.05) is 0 Å². The number of aromatic amines is 1. The van der Waals surface area contributed by atoms with Gasteiger partial charge in [-0.3, -0.25) is 14.7 Å².